The molecule has 0 saturated carbocycles. The van der Waals surface area contributed by atoms with Crippen LogP contribution in [-0.4, -0.2) is 24.9 Å². The molecule has 0 aliphatic heterocycles. The summed E-state index contributed by atoms with van der Waals surface area (Å²) < 4.78 is 11.1. The van der Waals surface area contributed by atoms with Crippen molar-refractivity contribution in [2.45, 2.75) is 39.2 Å². The van der Waals surface area contributed by atoms with Gasteiger partial charge in [0.05, 0.1) is 12.7 Å². The maximum atomic E-state index is 9.87. The fraction of sp³-hybridized carbons (Fsp3) is 0.600. The quantitative estimate of drug-likeness (QED) is 0.685. The van der Waals surface area contributed by atoms with Gasteiger partial charge in [-0.2, -0.15) is 0 Å². The minimum atomic E-state index is -0.456. The van der Waals surface area contributed by atoms with E-state index in [0.717, 1.165) is 30.8 Å². The fourth-order valence-electron chi connectivity index (χ4n) is 1.67. The molecular weight excluding hydrogens is 228 g/mol. The minimum Gasteiger partial charge on any atom is -0.491 e. The Hall–Kier alpha value is -1.06. The highest BCUT2D eigenvalue weighted by Gasteiger charge is 2.10. The van der Waals surface area contributed by atoms with Crippen molar-refractivity contribution >= 4 is 0 Å². The van der Waals surface area contributed by atoms with Crippen LogP contribution < -0.4 is 4.74 Å². The zero-order valence-electron chi connectivity index (χ0n) is 11.4. The van der Waals surface area contributed by atoms with Crippen LogP contribution in [0.2, 0.25) is 0 Å². The Balaban J connectivity index is 2.37. The summed E-state index contributed by atoms with van der Waals surface area (Å²) in [5.41, 5.74) is 0.855. The van der Waals surface area contributed by atoms with Gasteiger partial charge < -0.3 is 14.6 Å². The van der Waals surface area contributed by atoms with Gasteiger partial charge in [-0.05, 0) is 18.9 Å². The molecule has 1 atom stereocenters. The maximum absolute atomic E-state index is 9.87. The second-order valence-electron chi connectivity index (χ2n) is 4.28. The highest BCUT2D eigenvalue weighted by atomic mass is 16.5. The van der Waals surface area contributed by atoms with Gasteiger partial charge in [-0.15, -0.1) is 0 Å². The molecule has 0 aromatic heterocycles. The lowest BCUT2D eigenvalue weighted by Gasteiger charge is -2.14. The third-order valence-corrected chi connectivity index (χ3v) is 2.79. The number of benzene rings is 1. The van der Waals surface area contributed by atoms with Gasteiger partial charge in [-0.1, -0.05) is 38.5 Å². The molecule has 0 heterocycles. The Morgan fingerprint density at radius 3 is 2.61 bits per heavy atom. The summed E-state index contributed by atoms with van der Waals surface area (Å²) in [4.78, 5) is 0. The van der Waals surface area contributed by atoms with Crippen molar-refractivity contribution in [2.24, 2.45) is 0 Å². The molecular formula is C15H24O3. The maximum Gasteiger partial charge on any atom is 0.125 e. The van der Waals surface area contributed by atoms with E-state index in [9.17, 15) is 5.11 Å². The molecule has 0 amide bonds. The van der Waals surface area contributed by atoms with Crippen molar-refractivity contribution in [3.8, 4) is 5.75 Å². The van der Waals surface area contributed by atoms with Crippen LogP contribution in [0.15, 0.2) is 24.3 Å². The molecule has 0 unspecified atom stereocenters. The van der Waals surface area contributed by atoms with Crippen molar-refractivity contribution in [1.82, 2.24) is 0 Å². The topological polar surface area (TPSA) is 38.7 Å². The molecule has 0 aliphatic carbocycles. The molecule has 102 valence electrons. The summed E-state index contributed by atoms with van der Waals surface area (Å²) in [5.74, 6) is 0.756. The minimum absolute atomic E-state index is 0.456. The second kappa shape index (κ2) is 8.95. The molecule has 0 fully saturated rings. The van der Waals surface area contributed by atoms with Crippen LogP contribution >= 0.6 is 0 Å². The summed E-state index contributed by atoms with van der Waals surface area (Å²) >= 11 is 0. The summed E-state index contributed by atoms with van der Waals surface area (Å²) in [6.45, 7) is 6.00. The predicted octanol–water partition coefficient (Wildman–Crippen LogP) is 3.33. The Kier molecular flexibility index (Phi) is 7.46. The number of aliphatic hydroxyl groups is 1. The van der Waals surface area contributed by atoms with Gasteiger partial charge in [0.25, 0.3) is 0 Å². The highest BCUT2D eigenvalue weighted by Crippen LogP contribution is 2.26. The molecule has 1 N–H and O–H groups in total. The third kappa shape index (κ3) is 5.07. The van der Waals surface area contributed by atoms with Crippen LogP contribution in [0.4, 0.5) is 0 Å². The Morgan fingerprint density at radius 2 is 1.89 bits per heavy atom. The van der Waals surface area contributed by atoms with Crippen molar-refractivity contribution < 1.29 is 14.6 Å². The first-order valence-electron chi connectivity index (χ1n) is 6.77. The Morgan fingerprint density at radius 1 is 1.11 bits per heavy atom. The first kappa shape index (κ1) is 15.0. The van der Waals surface area contributed by atoms with Crippen molar-refractivity contribution in [1.29, 1.82) is 0 Å². The standard InChI is InChI=1S/C15H24O3/c1-3-5-10-17-11-12-18-15-9-7-6-8-13(15)14(16)4-2/h6-9,14,16H,3-5,10-12H2,1-2H3/t14-/m0/s1. The average Bonchev–Trinajstić information content (AvgIpc) is 2.42. The van der Waals surface area contributed by atoms with E-state index in [4.69, 9.17) is 9.47 Å². The molecule has 3 heteroatoms. The number of rotatable bonds is 9. The SMILES string of the molecule is CCCCOCCOc1ccccc1[C@@H](O)CC. The molecule has 18 heavy (non-hydrogen) atoms. The molecule has 0 spiro atoms. The lowest BCUT2D eigenvalue weighted by molar-refractivity contribution is 0.0956. The zero-order chi connectivity index (χ0) is 13.2. The molecule has 0 saturated heterocycles. The number of ether oxygens (including phenoxy) is 2. The van der Waals surface area contributed by atoms with E-state index < -0.39 is 6.10 Å². The first-order valence-corrected chi connectivity index (χ1v) is 6.77. The monoisotopic (exact) mass is 252 g/mol. The van der Waals surface area contributed by atoms with E-state index in [1.807, 2.05) is 31.2 Å². The van der Waals surface area contributed by atoms with E-state index in [2.05, 4.69) is 6.92 Å². The Labute approximate surface area is 110 Å². The van der Waals surface area contributed by atoms with E-state index >= 15 is 0 Å². The molecule has 0 bridgehead atoms. The normalized spacial score (nSPS) is 12.4. The first-order chi connectivity index (χ1) is 8.79. The predicted molar refractivity (Wildman–Crippen MR) is 72.9 cm³/mol. The number of para-hydroxylation sites is 1. The van der Waals surface area contributed by atoms with Crippen LogP contribution in [0.25, 0.3) is 0 Å². The van der Waals surface area contributed by atoms with Crippen molar-refractivity contribution in [3.05, 3.63) is 29.8 Å². The number of unbranched alkanes of at least 4 members (excludes halogenated alkanes) is 1. The van der Waals surface area contributed by atoms with E-state index in [0.29, 0.717) is 19.6 Å². The third-order valence-electron chi connectivity index (χ3n) is 2.79. The van der Waals surface area contributed by atoms with Crippen LogP contribution in [0, 0.1) is 0 Å². The lowest BCUT2D eigenvalue weighted by atomic mass is 10.1. The number of hydrogen-bond donors (Lipinski definition) is 1. The Bertz CT molecular complexity index is 325. The molecule has 0 radical (unpaired) electrons. The van der Waals surface area contributed by atoms with Crippen molar-refractivity contribution in [2.75, 3.05) is 19.8 Å². The summed E-state index contributed by atoms with van der Waals surface area (Å²) in [6.07, 6.45) is 2.47. The summed E-state index contributed by atoms with van der Waals surface area (Å²) in [5, 5.41) is 9.87. The largest absolute Gasteiger partial charge is 0.491 e. The van der Waals surface area contributed by atoms with Gasteiger partial charge in [0, 0.05) is 12.2 Å². The van der Waals surface area contributed by atoms with Gasteiger partial charge in [0.15, 0.2) is 0 Å². The highest BCUT2D eigenvalue weighted by molar-refractivity contribution is 5.34. The molecule has 0 aliphatic rings. The van der Waals surface area contributed by atoms with Crippen molar-refractivity contribution in [3.63, 3.8) is 0 Å². The fourth-order valence-corrected chi connectivity index (χ4v) is 1.67. The van der Waals surface area contributed by atoms with Crippen LogP contribution in [-0.2, 0) is 4.74 Å². The number of hydrogen-bond acceptors (Lipinski definition) is 3. The van der Waals surface area contributed by atoms with Crippen LogP contribution in [0.3, 0.4) is 0 Å². The van der Waals surface area contributed by atoms with Crippen LogP contribution in [0.5, 0.6) is 5.75 Å². The summed E-state index contributed by atoms with van der Waals surface area (Å²) in [6, 6.07) is 7.62. The van der Waals surface area contributed by atoms with E-state index in [1.165, 1.54) is 0 Å². The molecule has 1 aromatic rings. The molecule has 3 nitrogen and oxygen atoms in total. The molecule has 1 aromatic carbocycles. The molecule has 1 rings (SSSR count). The number of aliphatic hydroxyl groups excluding tert-OH is 1. The van der Waals surface area contributed by atoms with E-state index in [-0.39, 0.29) is 0 Å². The van der Waals surface area contributed by atoms with Gasteiger partial charge in [0.1, 0.15) is 12.4 Å². The average molecular weight is 252 g/mol. The van der Waals surface area contributed by atoms with Gasteiger partial charge in [-0.25, -0.2) is 0 Å². The smallest absolute Gasteiger partial charge is 0.125 e. The lowest BCUT2D eigenvalue weighted by Crippen LogP contribution is -2.09. The second-order valence-corrected chi connectivity index (χ2v) is 4.28. The van der Waals surface area contributed by atoms with Crippen LogP contribution in [0.1, 0.15) is 44.8 Å². The van der Waals surface area contributed by atoms with Gasteiger partial charge >= 0.3 is 0 Å². The zero-order valence-corrected chi connectivity index (χ0v) is 11.4. The van der Waals surface area contributed by atoms with E-state index in [1.54, 1.807) is 0 Å². The summed E-state index contributed by atoms with van der Waals surface area (Å²) in [7, 11) is 0. The van der Waals surface area contributed by atoms with Gasteiger partial charge in [-0.3, -0.25) is 0 Å². The van der Waals surface area contributed by atoms with Gasteiger partial charge in [0.2, 0.25) is 0 Å².